The Morgan fingerprint density at radius 1 is 1.39 bits per heavy atom. The highest BCUT2D eigenvalue weighted by molar-refractivity contribution is 5.96. The molecule has 2 aliphatic rings. The fourth-order valence-electron chi connectivity index (χ4n) is 2.78. The lowest BCUT2D eigenvalue weighted by Gasteiger charge is -2.22. The lowest BCUT2D eigenvalue weighted by Crippen LogP contribution is -2.30. The van der Waals surface area contributed by atoms with Crippen LogP contribution in [0.1, 0.15) is 31.6 Å². The van der Waals surface area contributed by atoms with E-state index in [9.17, 15) is 4.79 Å². The average Bonchev–Trinajstić information content (AvgIpc) is 2.93. The van der Waals surface area contributed by atoms with Crippen molar-refractivity contribution in [1.29, 1.82) is 0 Å². The van der Waals surface area contributed by atoms with Crippen molar-refractivity contribution < 1.29 is 9.53 Å². The molecule has 0 N–H and O–H groups in total. The fraction of sp³-hybridized carbons (Fsp3) is 0.400. The predicted octanol–water partition coefficient (Wildman–Crippen LogP) is 2.65. The molecule has 3 nitrogen and oxygen atoms in total. The molecular weight excluding hydrogens is 226 g/mol. The summed E-state index contributed by atoms with van der Waals surface area (Å²) in [5, 5.41) is 0. The van der Waals surface area contributed by atoms with Gasteiger partial charge in [-0.25, -0.2) is 0 Å². The summed E-state index contributed by atoms with van der Waals surface area (Å²) < 4.78 is 5.78. The third-order valence-electron chi connectivity index (χ3n) is 3.59. The molecule has 2 atom stereocenters. The summed E-state index contributed by atoms with van der Waals surface area (Å²) in [6, 6.07) is 10.2. The zero-order valence-corrected chi connectivity index (χ0v) is 10.5. The number of rotatable bonds is 2. The van der Waals surface area contributed by atoms with Gasteiger partial charge in [-0.2, -0.15) is 0 Å². The standard InChI is InChI=1S/C15H17NO2/c1-2-6-12-9-13-10-18-15(16(13)14(12)17)11-7-4-3-5-8-11/h3-8,13,15H,2,9-10H2,1H3/t13?,15-/m1/s1. The van der Waals surface area contributed by atoms with Crippen molar-refractivity contribution in [3.8, 4) is 0 Å². The molecule has 2 heterocycles. The summed E-state index contributed by atoms with van der Waals surface area (Å²) in [6.45, 7) is 2.71. The van der Waals surface area contributed by atoms with Crippen LogP contribution in [0.3, 0.4) is 0 Å². The van der Waals surface area contributed by atoms with Gasteiger partial charge in [0.1, 0.15) is 0 Å². The first-order valence-electron chi connectivity index (χ1n) is 6.49. The zero-order valence-electron chi connectivity index (χ0n) is 10.5. The van der Waals surface area contributed by atoms with E-state index in [4.69, 9.17) is 4.74 Å². The highest BCUT2D eigenvalue weighted by Crippen LogP contribution is 2.39. The first kappa shape index (κ1) is 11.5. The van der Waals surface area contributed by atoms with Crippen molar-refractivity contribution in [2.75, 3.05) is 6.61 Å². The Labute approximate surface area is 107 Å². The van der Waals surface area contributed by atoms with Crippen LogP contribution in [0.25, 0.3) is 0 Å². The summed E-state index contributed by atoms with van der Waals surface area (Å²) in [7, 11) is 0. The van der Waals surface area contributed by atoms with Crippen LogP contribution in [0, 0.1) is 0 Å². The zero-order chi connectivity index (χ0) is 12.5. The Morgan fingerprint density at radius 3 is 2.89 bits per heavy atom. The van der Waals surface area contributed by atoms with Gasteiger partial charge in [0, 0.05) is 17.6 Å². The van der Waals surface area contributed by atoms with Crippen LogP contribution < -0.4 is 0 Å². The van der Waals surface area contributed by atoms with Crippen LogP contribution in [0.4, 0.5) is 0 Å². The Morgan fingerprint density at radius 2 is 2.17 bits per heavy atom. The van der Waals surface area contributed by atoms with Crippen LogP contribution in [0.15, 0.2) is 42.0 Å². The van der Waals surface area contributed by atoms with Crippen molar-refractivity contribution >= 4 is 5.91 Å². The van der Waals surface area contributed by atoms with E-state index in [1.54, 1.807) is 0 Å². The molecule has 3 rings (SSSR count). The number of amides is 1. The SMILES string of the molecule is CCC=C1CC2CO[C@H](c3ccccc3)N2C1=O. The summed E-state index contributed by atoms with van der Waals surface area (Å²) in [5.74, 6) is 0.146. The number of benzene rings is 1. The number of fused-ring (bicyclic) bond motifs is 1. The molecule has 0 aromatic heterocycles. The second kappa shape index (κ2) is 4.58. The minimum atomic E-state index is -0.202. The second-order valence-electron chi connectivity index (χ2n) is 4.80. The van der Waals surface area contributed by atoms with Crippen molar-refractivity contribution in [3.63, 3.8) is 0 Å². The van der Waals surface area contributed by atoms with E-state index in [2.05, 4.69) is 6.92 Å². The van der Waals surface area contributed by atoms with E-state index in [0.717, 1.165) is 24.0 Å². The quantitative estimate of drug-likeness (QED) is 0.747. The Balaban J connectivity index is 1.89. The average molecular weight is 243 g/mol. The molecule has 18 heavy (non-hydrogen) atoms. The molecule has 0 saturated carbocycles. The second-order valence-corrected chi connectivity index (χ2v) is 4.80. The molecule has 3 heteroatoms. The van der Waals surface area contributed by atoms with E-state index in [-0.39, 0.29) is 18.2 Å². The van der Waals surface area contributed by atoms with Gasteiger partial charge in [0.2, 0.25) is 0 Å². The number of hydrogen-bond donors (Lipinski definition) is 0. The molecule has 1 aromatic carbocycles. The smallest absolute Gasteiger partial charge is 0.252 e. The molecular formula is C15H17NO2. The summed E-state index contributed by atoms with van der Waals surface area (Å²) in [6.07, 6.45) is 3.59. The molecule has 1 amide bonds. The maximum absolute atomic E-state index is 12.3. The number of allylic oxidation sites excluding steroid dienone is 1. The summed E-state index contributed by atoms with van der Waals surface area (Å²) in [5.41, 5.74) is 2.01. The molecule has 2 saturated heterocycles. The lowest BCUT2D eigenvalue weighted by molar-refractivity contribution is -0.131. The molecule has 0 aliphatic carbocycles. The summed E-state index contributed by atoms with van der Waals surface area (Å²) >= 11 is 0. The fourth-order valence-corrected chi connectivity index (χ4v) is 2.78. The van der Waals surface area contributed by atoms with Gasteiger partial charge >= 0.3 is 0 Å². The van der Waals surface area contributed by atoms with Crippen LogP contribution >= 0.6 is 0 Å². The number of nitrogens with zero attached hydrogens (tertiary/aromatic N) is 1. The van der Waals surface area contributed by atoms with Crippen LogP contribution in [0.5, 0.6) is 0 Å². The topological polar surface area (TPSA) is 29.5 Å². The van der Waals surface area contributed by atoms with E-state index >= 15 is 0 Å². The van der Waals surface area contributed by atoms with Crippen molar-refractivity contribution in [2.24, 2.45) is 0 Å². The molecule has 0 bridgehead atoms. The number of carbonyl (C=O) groups excluding carboxylic acids is 1. The molecule has 0 spiro atoms. The van der Waals surface area contributed by atoms with E-state index < -0.39 is 0 Å². The Hall–Kier alpha value is -1.61. The minimum absolute atomic E-state index is 0.146. The van der Waals surface area contributed by atoms with Gasteiger partial charge in [0.05, 0.1) is 12.6 Å². The lowest BCUT2D eigenvalue weighted by atomic mass is 10.1. The van der Waals surface area contributed by atoms with Gasteiger partial charge in [-0.05, 0) is 6.42 Å². The minimum Gasteiger partial charge on any atom is -0.352 e. The van der Waals surface area contributed by atoms with Gasteiger partial charge in [-0.1, -0.05) is 43.3 Å². The molecule has 2 aliphatic heterocycles. The largest absolute Gasteiger partial charge is 0.352 e. The van der Waals surface area contributed by atoms with E-state index in [1.807, 2.05) is 41.3 Å². The van der Waals surface area contributed by atoms with Crippen molar-refractivity contribution in [1.82, 2.24) is 4.90 Å². The highest BCUT2D eigenvalue weighted by Gasteiger charge is 2.45. The van der Waals surface area contributed by atoms with Gasteiger partial charge in [-0.3, -0.25) is 4.79 Å². The normalized spacial score (nSPS) is 29.1. The maximum atomic E-state index is 12.3. The first-order valence-corrected chi connectivity index (χ1v) is 6.49. The van der Waals surface area contributed by atoms with Crippen LogP contribution in [0.2, 0.25) is 0 Å². The van der Waals surface area contributed by atoms with Crippen LogP contribution in [-0.2, 0) is 9.53 Å². The first-order chi connectivity index (χ1) is 8.81. The van der Waals surface area contributed by atoms with Gasteiger partial charge < -0.3 is 9.64 Å². The number of carbonyl (C=O) groups is 1. The Kier molecular flexibility index (Phi) is 2.92. The molecule has 1 unspecified atom stereocenters. The number of hydrogen-bond acceptors (Lipinski definition) is 2. The van der Waals surface area contributed by atoms with Crippen LogP contribution in [-0.4, -0.2) is 23.5 Å². The van der Waals surface area contributed by atoms with Crippen molar-refractivity contribution in [2.45, 2.75) is 32.0 Å². The maximum Gasteiger partial charge on any atom is 0.252 e. The predicted molar refractivity (Wildman–Crippen MR) is 68.8 cm³/mol. The molecule has 2 fully saturated rings. The van der Waals surface area contributed by atoms with Gasteiger partial charge in [0.15, 0.2) is 6.23 Å². The molecule has 0 radical (unpaired) electrons. The third kappa shape index (κ3) is 1.75. The van der Waals surface area contributed by atoms with Gasteiger partial charge in [-0.15, -0.1) is 0 Å². The highest BCUT2D eigenvalue weighted by atomic mass is 16.5. The summed E-state index contributed by atoms with van der Waals surface area (Å²) in [4.78, 5) is 14.2. The van der Waals surface area contributed by atoms with E-state index in [0.29, 0.717) is 6.61 Å². The molecule has 94 valence electrons. The molecule has 1 aromatic rings. The Bertz CT molecular complexity index is 481. The monoisotopic (exact) mass is 243 g/mol. The number of ether oxygens (including phenoxy) is 1. The van der Waals surface area contributed by atoms with Crippen molar-refractivity contribution in [3.05, 3.63) is 47.5 Å². The third-order valence-corrected chi connectivity index (χ3v) is 3.59. The van der Waals surface area contributed by atoms with E-state index in [1.165, 1.54) is 0 Å². The van der Waals surface area contributed by atoms with Gasteiger partial charge in [0.25, 0.3) is 5.91 Å².